The van der Waals surface area contributed by atoms with E-state index in [2.05, 4.69) is 15.5 Å². The molecule has 3 fully saturated rings. The van der Waals surface area contributed by atoms with Crippen LogP contribution in [0.3, 0.4) is 0 Å². The third kappa shape index (κ3) is 5.88. The summed E-state index contributed by atoms with van der Waals surface area (Å²) >= 11 is 0. The number of ether oxygens (including phenoxy) is 1. The Morgan fingerprint density at radius 2 is 1.49 bits per heavy atom. The van der Waals surface area contributed by atoms with Crippen molar-refractivity contribution in [2.45, 2.75) is 26.2 Å². The van der Waals surface area contributed by atoms with E-state index in [9.17, 15) is 14.4 Å². The zero-order valence-electron chi connectivity index (χ0n) is 21.4. The second-order valence-corrected chi connectivity index (χ2v) is 10.0. The number of urea groups is 1. The minimum atomic E-state index is -0.123. The highest BCUT2D eigenvalue weighted by Crippen LogP contribution is 2.30. The Bertz CT molecular complexity index is 1130. The largest absolute Gasteiger partial charge is 0.378 e. The minimum Gasteiger partial charge on any atom is -0.378 e. The Kier molecular flexibility index (Phi) is 7.60. The van der Waals surface area contributed by atoms with Crippen molar-refractivity contribution in [3.63, 3.8) is 0 Å². The zero-order chi connectivity index (χ0) is 25.8. The molecule has 3 aliphatic rings. The molecule has 2 aliphatic heterocycles. The van der Waals surface area contributed by atoms with E-state index in [1.165, 1.54) is 0 Å². The van der Waals surface area contributed by atoms with Crippen molar-refractivity contribution in [2.24, 2.45) is 5.92 Å². The first-order valence-corrected chi connectivity index (χ1v) is 13.2. The molecule has 5 rings (SSSR count). The van der Waals surface area contributed by atoms with E-state index in [0.29, 0.717) is 63.7 Å². The molecular formula is C28H35N5O4. The molecule has 9 nitrogen and oxygen atoms in total. The van der Waals surface area contributed by atoms with Gasteiger partial charge in [-0.2, -0.15) is 0 Å². The van der Waals surface area contributed by atoms with Crippen LogP contribution in [0.4, 0.5) is 21.9 Å². The molecular weight excluding hydrogens is 470 g/mol. The van der Waals surface area contributed by atoms with E-state index >= 15 is 0 Å². The van der Waals surface area contributed by atoms with Gasteiger partial charge in [0.05, 0.1) is 18.8 Å². The van der Waals surface area contributed by atoms with Gasteiger partial charge < -0.3 is 30.1 Å². The number of morpholine rings is 1. The van der Waals surface area contributed by atoms with Crippen molar-refractivity contribution >= 4 is 34.9 Å². The maximum absolute atomic E-state index is 13.6. The van der Waals surface area contributed by atoms with E-state index in [4.69, 9.17) is 4.74 Å². The predicted octanol–water partition coefficient (Wildman–Crippen LogP) is 3.56. The number of anilines is 3. The van der Waals surface area contributed by atoms with Gasteiger partial charge in [-0.3, -0.25) is 9.59 Å². The van der Waals surface area contributed by atoms with Crippen LogP contribution in [0.25, 0.3) is 0 Å². The van der Waals surface area contributed by atoms with Crippen LogP contribution in [-0.4, -0.2) is 80.1 Å². The van der Waals surface area contributed by atoms with E-state index in [0.717, 1.165) is 36.2 Å². The minimum absolute atomic E-state index is 0.0250. The van der Waals surface area contributed by atoms with Gasteiger partial charge >= 0.3 is 6.03 Å². The normalized spacial score (nSPS) is 18.2. The molecule has 0 bridgehead atoms. The van der Waals surface area contributed by atoms with Crippen LogP contribution in [0.15, 0.2) is 42.5 Å². The van der Waals surface area contributed by atoms with Crippen LogP contribution in [0.5, 0.6) is 0 Å². The molecule has 1 aliphatic carbocycles. The van der Waals surface area contributed by atoms with Crippen LogP contribution >= 0.6 is 0 Å². The molecule has 196 valence electrons. The topological polar surface area (TPSA) is 94.2 Å². The molecule has 4 amide bonds. The highest BCUT2D eigenvalue weighted by atomic mass is 16.5. The summed E-state index contributed by atoms with van der Waals surface area (Å²) in [5.74, 6) is 0.0340. The fourth-order valence-corrected chi connectivity index (χ4v) is 4.90. The van der Waals surface area contributed by atoms with Gasteiger partial charge in [-0.25, -0.2) is 4.79 Å². The van der Waals surface area contributed by atoms with Gasteiger partial charge in [-0.15, -0.1) is 0 Å². The number of benzene rings is 2. The third-order valence-corrected chi connectivity index (χ3v) is 7.48. The molecule has 0 aromatic heterocycles. The van der Waals surface area contributed by atoms with Crippen LogP contribution < -0.4 is 15.5 Å². The van der Waals surface area contributed by atoms with Crippen molar-refractivity contribution in [1.29, 1.82) is 0 Å². The summed E-state index contributed by atoms with van der Waals surface area (Å²) in [4.78, 5) is 44.6. The van der Waals surface area contributed by atoms with Crippen LogP contribution in [-0.2, 0) is 9.53 Å². The van der Waals surface area contributed by atoms with Crippen molar-refractivity contribution in [1.82, 2.24) is 9.80 Å². The number of nitrogens with one attached hydrogen (secondary N) is 2. The van der Waals surface area contributed by atoms with Gasteiger partial charge in [-0.1, -0.05) is 24.1 Å². The molecule has 9 heteroatoms. The maximum atomic E-state index is 13.6. The first-order chi connectivity index (χ1) is 18.0. The number of hydrogen-bond donors (Lipinski definition) is 2. The second-order valence-electron chi connectivity index (χ2n) is 10.0. The lowest BCUT2D eigenvalue weighted by Crippen LogP contribution is -2.50. The fraction of sp³-hybridized carbons (Fsp3) is 0.464. The number of piperazine rings is 1. The molecule has 2 aromatic rings. The summed E-state index contributed by atoms with van der Waals surface area (Å²) in [6.07, 6.45) is 2.93. The Hall–Kier alpha value is -3.59. The number of amides is 4. The summed E-state index contributed by atoms with van der Waals surface area (Å²) < 4.78 is 5.43. The standard InChI is InChI=1S/C28H35N5O4/c1-20-5-7-22(8-6-20)30-28(36)33-13-11-31(12-14-33)25-10-9-23(29-26(34)21-3-2-4-21)19-24(25)27(35)32-15-17-37-18-16-32/h5-10,19,21H,2-4,11-18H2,1H3,(H,29,34)(H,30,36). The summed E-state index contributed by atoms with van der Waals surface area (Å²) in [5.41, 5.74) is 3.97. The summed E-state index contributed by atoms with van der Waals surface area (Å²) in [6, 6.07) is 13.2. The summed E-state index contributed by atoms with van der Waals surface area (Å²) in [5, 5.41) is 5.97. The molecule has 2 saturated heterocycles. The van der Waals surface area contributed by atoms with Crippen LogP contribution in [0, 0.1) is 12.8 Å². The number of nitrogens with zero attached hydrogens (tertiary/aromatic N) is 3. The summed E-state index contributed by atoms with van der Waals surface area (Å²) in [7, 11) is 0. The number of aryl methyl sites for hydroxylation is 1. The Balaban J connectivity index is 1.29. The van der Waals surface area contributed by atoms with Crippen molar-refractivity contribution in [2.75, 3.05) is 68.0 Å². The lowest BCUT2D eigenvalue weighted by Gasteiger charge is -2.37. The predicted molar refractivity (Wildman–Crippen MR) is 143 cm³/mol. The van der Waals surface area contributed by atoms with Crippen LogP contribution in [0.1, 0.15) is 35.2 Å². The molecule has 0 spiro atoms. The van der Waals surface area contributed by atoms with E-state index in [-0.39, 0.29) is 23.8 Å². The molecule has 0 unspecified atom stereocenters. The van der Waals surface area contributed by atoms with Crippen molar-refractivity contribution < 1.29 is 19.1 Å². The highest BCUT2D eigenvalue weighted by molar-refractivity contribution is 6.02. The van der Waals surface area contributed by atoms with Gasteiger partial charge in [0.25, 0.3) is 5.91 Å². The Morgan fingerprint density at radius 3 is 2.14 bits per heavy atom. The monoisotopic (exact) mass is 505 g/mol. The Labute approximate surface area is 217 Å². The van der Waals surface area contributed by atoms with E-state index < -0.39 is 0 Å². The van der Waals surface area contributed by atoms with Gasteiger partial charge in [-0.05, 0) is 50.1 Å². The van der Waals surface area contributed by atoms with Gasteiger partial charge in [0.15, 0.2) is 0 Å². The first kappa shape index (κ1) is 25.1. The first-order valence-electron chi connectivity index (χ1n) is 13.2. The second kappa shape index (κ2) is 11.2. The van der Waals surface area contributed by atoms with E-state index in [1.54, 1.807) is 11.0 Å². The number of carbonyl (C=O) groups is 3. The number of rotatable bonds is 5. The molecule has 2 aromatic carbocycles. The quantitative estimate of drug-likeness (QED) is 0.648. The molecule has 2 N–H and O–H groups in total. The molecule has 0 radical (unpaired) electrons. The number of carbonyl (C=O) groups excluding carboxylic acids is 3. The number of hydrogen-bond acceptors (Lipinski definition) is 5. The lowest BCUT2D eigenvalue weighted by atomic mass is 9.85. The average molecular weight is 506 g/mol. The maximum Gasteiger partial charge on any atom is 0.321 e. The highest BCUT2D eigenvalue weighted by Gasteiger charge is 2.29. The van der Waals surface area contributed by atoms with Crippen LogP contribution in [0.2, 0.25) is 0 Å². The van der Waals surface area contributed by atoms with Crippen molar-refractivity contribution in [3.8, 4) is 0 Å². The lowest BCUT2D eigenvalue weighted by molar-refractivity contribution is -0.122. The van der Waals surface area contributed by atoms with Gasteiger partial charge in [0.2, 0.25) is 5.91 Å². The van der Waals surface area contributed by atoms with Crippen molar-refractivity contribution in [3.05, 3.63) is 53.6 Å². The third-order valence-electron chi connectivity index (χ3n) is 7.48. The summed E-state index contributed by atoms with van der Waals surface area (Å²) in [6.45, 7) is 6.45. The van der Waals surface area contributed by atoms with E-state index in [1.807, 2.05) is 48.2 Å². The van der Waals surface area contributed by atoms with Gasteiger partial charge in [0.1, 0.15) is 0 Å². The molecule has 0 atom stereocenters. The SMILES string of the molecule is Cc1ccc(NC(=O)N2CCN(c3ccc(NC(=O)C4CCC4)cc3C(=O)N3CCOCC3)CC2)cc1. The molecule has 2 heterocycles. The smallest absolute Gasteiger partial charge is 0.321 e. The fourth-order valence-electron chi connectivity index (χ4n) is 4.90. The molecule has 37 heavy (non-hydrogen) atoms. The van der Waals surface area contributed by atoms with Gasteiger partial charge in [0, 0.05) is 62.2 Å². The average Bonchev–Trinajstić information content (AvgIpc) is 2.89. The Morgan fingerprint density at radius 1 is 0.811 bits per heavy atom. The molecule has 1 saturated carbocycles. The zero-order valence-corrected chi connectivity index (χ0v) is 21.4.